The molecule has 7 heteroatoms. The first kappa shape index (κ1) is 21.1. The molecule has 0 aliphatic heterocycles. The van der Waals surface area contributed by atoms with Crippen molar-refractivity contribution in [1.82, 2.24) is 25.5 Å². The number of benzene rings is 1. The highest BCUT2D eigenvalue weighted by Crippen LogP contribution is 2.30. The maximum atomic E-state index is 10.2. The Kier molecular flexibility index (Phi) is 9.72. The molecule has 4 N–H and O–H groups in total. The lowest BCUT2D eigenvalue weighted by molar-refractivity contribution is 0.165. The quantitative estimate of drug-likeness (QED) is 0.634. The number of hydrogen-bond donors (Lipinski definition) is 3. The monoisotopic (exact) mass is 348 g/mol. The van der Waals surface area contributed by atoms with E-state index in [1.165, 1.54) is 19.6 Å². The molecule has 25 heavy (non-hydrogen) atoms. The number of aliphatic hydroxyl groups is 1. The Hall–Kier alpha value is -1.99. The summed E-state index contributed by atoms with van der Waals surface area (Å²) >= 11 is 0. The van der Waals surface area contributed by atoms with Crippen molar-refractivity contribution in [2.45, 2.75) is 53.1 Å². The molecule has 0 aliphatic rings. The number of nitrogens with two attached hydrogens (primary N) is 1. The highest BCUT2D eigenvalue weighted by atomic mass is 16.3. The molecule has 1 heterocycles. The third-order valence-corrected chi connectivity index (χ3v) is 4.21. The number of tetrazole rings is 1. The van der Waals surface area contributed by atoms with Crippen LogP contribution in [0.5, 0.6) is 0 Å². The molecule has 7 nitrogen and oxygen atoms in total. The maximum absolute atomic E-state index is 10.2. The number of nitrogens with zero attached hydrogens (tertiary/aromatic N) is 4. The van der Waals surface area contributed by atoms with Gasteiger partial charge >= 0.3 is 0 Å². The average molecular weight is 348 g/mol. The third-order valence-electron chi connectivity index (χ3n) is 4.21. The van der Waals surface area contributed by atoms with Crippen LogP contribution in [-0.4, -0.2) is 50.3 Å². The molecule has 1 unspecified atom stereocenters. The summed E-state index contributed by atoms with van der Waals surface area (Å²) in [5.41, 5.74) is 7.94. The van der Waals surface area contributed by atoms with E-state index in [0.717, 1.165) is 30.4 Å². The van der Waals surface area contributed by atoms with Crippen molar-refractivity contribution in [2.24, 2.45) is 0 Å². The minimum atomic E-state index is -0.523. The second-order valence-corrected chi connectivity index (χ2v) is 5.87. The van der Waals surface area contributed by atoms with E-state index in [1.54, 1.807) is 12.1 Å². The molecule has 2 rings (SSSR count). The van der Waals surface area contributed by atoms with Crippen LogP contribution in [0.3, 0.4) is 0 Å². The molecule has 1 atom stereocenters. The molecule has 0 saturated carbocycles. The van der Waals surface area contributed by atoms with Crippen LogP contribution >= 0.6 is 0 Å². The van der Waals surface area contributed by atoms with Crippen molar-refractivity contribution in [2.75, 3.05) is 25.4 Å². The van der Waals surface area contributed by atoms with Gasteiger partial charge in [-0.1, -0.05) is 46.6 Å². The predicted molar refractivity (Wildman–Crippen MR) is 102 cm³/mol. The molecule has 1 aromatic heterocycles. The van der Waals surface area contributed by atoms with Crippen molar-refractivity contribution in [3.63, 3.8) is 0 Å². The molecule has 0 saturated heterocycles. The molecule has 0 aliphatic carbocycles. The SMILES string of the molecule is CCCCC(O)c1ccc(N)cc1-c1nnn[nH]1.CCN(CC)CC. The van der Waals surface area contributed by atoms with Crippen molar-refractivity contribution < 1.29 is 5.11 Å². The summed E-state index contributed by atoms with van der Waals surface area (Å²) in [5, 5.41) is 23.9. The minimum absolute atomic E-state index is 0.521. The van der Waals surface area contributed by atoms with Gasteiger partial charge in [-0.05, 0) is 54.2 Å². The Morgan fingerprint density at radius 1 is 1.16 bits per heavy atom. The lowest BCUT2D eigenvalue weighted by Gasteiger charge is -2.14. The fraction of sp³-hybridized carbons (Fsp3) is 0.611. The number of nitrogens with one attached hydrogen (secondary N) is 1. The van der Waals surface area contributed by atoms with E-state index in [-0.39, 0.29) is 0 Å². The zero-order valence-electron chi connectivity index (χ0n) is 15.9. The number of rotatable bonds is 8. The Balaban J connectivity index is 0.000000381. The molecule has 0 bridgehead atoms. The van der Waals surface area contributed by atoms with Gasteiger partial charge < -0.3 is 15.7 Å². The van der Waals surface area contributed by atoms with Crippen LogP contribution in [0, 0.1) is 0 Å². The Morgan fingerprint density at radius 3 is 2.32 bits per heavy atom. The number of aromatic nitrogens is 4. The van der Waals surface area contributed by atoms with Crippen LogP contribution in [0.25, 0.3) is 11.4 Å². The topological polar surface area (TPSA) is 104 Å². The summed E-state index contributed by atoms with van der Waals surface area (Å²) in [6, 6.07) is 5.37. The van der Waals surface area contributed by atoms with E-state index in [1.807, 2.05) is 6.07 Å². The molecule has 140 valence electrons. The second-order valence-electron chi connectivity index (χ2n) is 5.87. The van der Waals surface area contributed by atoms with E-state index < -0.39 is 6.10 Å². The summed E-state index contributed by atoms with van der Waals surface area (Å²) in [4.78, 5) is 2.38. The fourth-order valence-electron chi connectivity index (χ4n) is 2.57. The van der Waals surface area contributed by atoms with Crippen LogP contribution in [0.1, 0.15) is 58.6 Å². The van der Waals surface area contributed by atoms with E-state index in [2.05, 4.69) is 53.2 Å². The van der Waals surface area contributed by atoms with Gasteiger partial charge in [-0.2, -0.15) is 0 Å². The predicted octanol–water partition coefficient (Wildman–Crippen LogP) is 3.02. The first-order valence-corrected chi connectivity index (χ1v) is 9.11. The van der Waals surface area contributed by atoms with Crippen LogP contribution in [0.2, 0.25) is 0 Å². The molecule has 2 aromatic rings. The van der Waals surface area contributed by atoms with Crippen molar-refractivity contribution in [1.29, 1.82) is 0 Å². The standard InChI is InChI=1S/C12H17N5O.C6H15N/c1-2-3-4-11(18)9-6-5-8(13)7-10(9)12-14-16-17-15-12;1-4-7(5-2)6-3/h5-7,11,18H,2-4,13H2,1H3,(H,14,15,16,17);4-6H2,1-3H3. The summed E-state index contributed by atoms with van der Waals surface area (Å²) < 4.78 is 0. The van der Waals surface area contributed by atoms with Gasteiger partial charge in [-0.25, -0.2) is 5.10 Å². The van der Waals surface area contributed by atoms with E-state index in [9.17, 15) is 5.11 Å². The Morgan fingerprint density at radius 2 is 1.84 bits per heavy atom. The first-order chi connectivity index (χ1) is 12.1. The van der Waals surface area contributed by atoms with Gasteiger partial charge in [0, 0.05) is 11.3 Å². The van der Waals surface area contributed by atoms with Crippen molar-refractivity contribution >= 4 is 5.69 Å². The normalized spacial score (nSPS) is 11.9. The second kappa shape index (κ2) is 11.5. The Bertz CT molecular complexity index is 578. The van der Waals surface area contributed by atoms with Crippen LogP contribution in [0.4, 0.5) is 5.69 Å². The number of H-pyrrole nitrogens is 1. The summed E-state index contributed by atoms with van der Waals surface area (Å²) in [7, 11) is 0. The number of unbranched alkanes of at least 4 members (excludes halogenated alkanes) is 1. The molecule has 0 spiro atoms. The van der Waals surface area contributed by atoms with Gasteiger partial charge in [0.05, 0.1) is 6.10 Å². The zero-order valence-corrected chi connectivity index (χ0v) is 15.9. The van der Waals surface area contributed by atoms with Gasteiger partial charge in [0.2, 0.25) is 0 Å². The van der Waals surface area contributed by atoms with Crippen LogP contribution in [0.15, 0.2) is 18.2 Å². The molecule has 0 amide bonds. The van der Waals surface area contributed by atoms with Gasteiger partial charge in [-0.15, -0.1) is 5.10 Å². The lowest BCUT2D eigenvalue weighted by Crippen LogP contribution is -2.21. The zero-order chi connectivity index (χ0) is 18.7. The smallest absolute Gasteiger partial charge is 0.179 e. The Labute approximate surface area is 150 Å². The summed E-state index contributed by atoms with van der Waals surface area (Å²) in [5.74, 6) is 0.521. The van der Waals surface area contributed by atoms with Gasteiger partial charge in [0.25, 0.3) is 0 Å². The van der Waals surface area contributed by atoms with E-state index in [4.69, 9.17) is 5.73 Å². The number of aromatic amines is 1. The summed E-state index contributed by atoms with van der Waals surface area (Å²) in [6.45, 7) is 12.2. The van der Waals surface area contributed by atoms with E-state index in [0.29, 0.717) is 11.5 Å². The first-order valence-electron chi connectivity index (χ1n) is 9.11. The maximum Gasteiger partial charge on any atom is 0.179 e. The van der Waals surface area contributed by atoms with Crippen molar-refractivity contribution in [3.05, 3.63) is 23.8 Å². The van der Waals surface area contributed by atoms with E-state index >= 15 is 0 Å². The molecule has 0 fully saturated rings. The fourth-order valence-corrected chi connectivity index (χ4v) is 2.57. The van der Waals surface area contributed by atoms with Gasteiger partial charge in [-0.3, -0.25) is 0 Å². The van der Waals surface area contributed by atoms with Gasteiger partial charge in [0.1, 0.15) is 0 Å². The number of aliphatic hydroxyl groups excluding tert-OH is 1. The summed E-state index contributed by atoms with van der Waals surface area (Å²) in [6.07, 6.45) is 2.21. The molecule has 0 radical (unpaired) electrons. The number of anilines is 1. The minimum Gasteiger partial charge on any atom is -0.399 e. The highest BCUT2D eigenvalue weighted by Gasteiger charge is 2.15. The molecular weight excluding hydrogens is 316 g/mol. The van der Waals surface area contributed by atoms with Crippen LogP contribution in [-0.2, 0) is 0 Å². The van der Waals surface area contributed by atoms with Crippen molar-refractivity contribution in [3.8, 4) is 11.4 Å². The lowest BCUT2D eigenvalue weighted by atomic mass is 9.97. The average Bonchev–Trinajstić information content (AvgIpc) is 3.16. The molecular formula is C18H32N6O. The third kappa shape index (κ3) is 6.80. The number of hydrogen-bond acceptors (Lipinski definition) is 6. The molecule has 1 aromatic carbocycles. The van der Waals surface area contributed by atoms with Gasteiger partial charge in [0.15, 0.2) is 5.82 Å². The number of nitrogen functional groups attached to an aromatic ring is 1. The largest absolute Gasteiger partial charge is 0.399 e. The highest BCUT2D eigenvalue weighted by molar-refractivity contribution is 5.65. The van der Waals surface area contributed by atoms with Crippen LogP contribution < -0.4 is 5.73 Å².